The van der Waals surface area contributed by atoms with Gasteiger partial charge in [-0.25, -0.2) is 4.98 Å². The highest BCUT2D eigenvalue weighted by Gasteiger charge is 2.20. The molecule has 0 saturated heterocycles. The summed E-state index contributed by atoms with van der Waals surface area (Å²) < 4.78 is 0.549. The van der Waals surface area contributed by atoms with Crippen LogP contribution in [-0.4, -0.2) is 4.98 Å². The summed E-state index contributed by atoms with van der Waals surface area (Å²) in [5, 5.41) is 9.80. The summed E-state index contributed by atoms with van der Waals surface area (Å²) in [5.74, 6) is 0.549. The maximum Gasteiger partial charge on any atom is 0.170 e. The summed E-state index contributed by atoms with van der Waals surface area (Å²) in [6, 6.07) is 2.02. The summed E-state index contributed by atoms with van der Waals surface area (Å²) in [4.78, 5) is 4.28. The Kier molecular flexibility index (Phi) is 3.05. The first-order chi connectivity index (χ1) is 6.81. The zero-order chi connectivity index (χ0) is 9.97. The Bertz CT molecular complexity index is 361. The fourth-order valence-electron chi connectivity index (χ4n) is 1.91. The van der Waals surface area contributed by atoms with Crippen molar-refractivity contribution in [3.63, 3.8) is 0 Å². The van der Waals surface area contributed by atoms with Gasteiger partial charge in [-0.05, 0) is 12.8 Å². The number of rotatable bonds is 1. The fourth-order valence-corrected chi connectivity index (χ4v) is 3.14. The second kappa shape index (κ2) is 4.29. The molecule has 0 radical (unpaired) electrons. The highest BCUT2D eigenvalue weighted by molar-refractivity contribution is 7.16. The lowest BCUT2D eigenvalue weighted by atomic mass is 9.90. The molecule has 0 atom stereocenters. The van der Waals surface area contributed by atoms with Gasteiger partial charge in [-0.2, -0.15) is 5.26 Å². The monoisotopic (exact) mass is 226 g/mol. The van der Waals surface area contributed by atoms with Crippen molar-refractivity contribution in [2.24, 2.45) is 0 Å². The van der Waals surface area contributed by atoms with Crippen molar-refractivity contribution in [3.05, 3.63) is 15.0 Å². The van der Waals surface area contributed by atoms with Crippen LogP contribution in [0.4, 0.5) is 0 Å². The maximum absolute atomic E-state index is 8.74. The van der Waals surface area contributed by atoms with Crippen LogP contribution in [0.25, 0.3) is 0 Å². The van der Waals surface area contributed by atoms with E-state index in [9.17, 15) is 0 Å². The van der Waals surface area contributed by atoms with E-state index in [1.54, 1.807) is 0 Å². The predicted molar refractivity (Wildman–Crippen MR) is 57.7 cm³/mol. The molecule has 1 aliphatic rings. The molecule has 74 valence electrons. The van der Waals surface area contributed by atoms with Crippen molar-refractivity contribution in [2.45, 2.75) is 38.0 Å². The third-order valence-corrected chi connectivity index (χ3v) is 4.08. The van der Waals surface area contributed by atoms with E-state index in [0.717, 1.165) is 5.01 Å². The standard InChI is InChI=1S/C10H11ClN2S/c11-9-8(6-12)13-10(14-9)7-4-2-1-3-5-7/h7H,1-5H2. The lowest BCUT2D eigenvalue weighted by Crippen LogP contribution is -2.03. The smallest absolute Gasteiger partial charge is 0.170 e. The average Bonchev–Trinajstić information content (AvgIpc) is 2.61. The zero-order valence-electron chi connectivity index (χ0n) is 7.79. The van der Waals surface area contributed by atoms with Gasteiger partial charge in [0.2, 0.25) is 0 Å². The molecule has 0 N–H and O–H groups in total. The number of hydrogen-bond donors (Lipinski definition) is 0. The zero-order valence-corrected chi connectivity index (χ0v) is 9.37. The second-order valence-electron chi connectivity index (χ2n) is 3.62. The molecule has 4 heteroatoms. The van der Waals surface area contributed by atoms with E-state index < -0.39 is 0 Å². The topological polar surface area (TPSA) is 36.7 Å². The van der Waals surface area contributed by atoms with E-state index in [1.165, 1.54) is 43.4 Å². The van der Waals surface area contributed by atoms with Gasteiger partial charge in [-0.15, -0.1) is 11.3 Å². The third-order valence-electron chi connectivity index (χ3n) is 2.66. The van der Waals surface area contributed by atoms with Crippen LogP contribution < -0.4 is 0 Å². The van der Waals surface area contributed by atoms with E-state index in [4.69, 9.17) is 16.9 Å². The fraction of sp³-hybridized carbons (Fsp3) is 0.600. The van der Waals surface area contributed by atoms with Crippen LogP contribution in [0.3, 0.4) is 0 Å². The summed E-state index contributed by atoms with van der Waals surface area (Å²) in [6.07, 6.45) is 6.30. The third kappa shape index (κ3) is 1.92. The van der Waals surface area contributed by atoms with Crippen molar-refractivity contribution in [1.82, 2.24) is 4.98 Å². The van der Waals surface area contributed by atoms with E-state index in [0.29, 0.717) is 15.9 Å². The molecule has 0 bridgehead atoms. The van der Waals surface area contributed by atoms with Crippen LogP contribution in [0.2, 0.25) is 4.34 Å². The van der Waals surface area contributed by atoms with Gasteiger partial charge in [0.05, 0.1) is 5.01 Å². The minimum atomic E-state index is 0.400. The molecule has 1 heterocycles. The van der Waals surface area contributed by atoms with E-state index in [1.807, 2.05) is 6.07 Å². The Balaban J connectivity index is 2.19. The Morgan fingerprint density at radius 2 is 2.07 bits per heavy atom. The molecule has 0 aromatic carbocycles. The number of aromatic nitrogens is 1. The van der Waals surface area contributed by atoms with Gasteiger partial charge in [-0.3, -0.25) is 0 Å². The number of halogens is 1. The Morgan fingerprint density at radius 1 is 1.36 bits per heavy atom. The highest BCUT2D eigenvalue weighted by Crippen LogP contribution is 2.37. The molecule has 2 nitrogen and oxygen atoms in total. The maximum atomic E-state index is 8.74. The minimum absolute atomic E-state index is 0.400. The number of hydrogen-bond acceptors (Lipinski definition) is 3. The van der Waals surface area contributed by atoms with Crippen molar-refractivity contribution in [2.75, 3.05) is 0 Å². The van der Waals surface area contributed by atoms with Crippen LogP contribution in [0, 0.1) is 11.3 Å². The normalized spacial score (nSPS) is 18.0. The number of thiazole rings is 1. The largest absolute Gasteiger partial charge is 0.229 e. The van der Waals surface area contributed by atoms with E-state index in [-0.39, 0.29) is 0 Å². The molecule has 0 amide bonds. The first-order valence-electron chi connectivity index (χ1n) is 4.87. The van der Waals surface area contributed by atoms with Crippen molar-refractivity contribution in [1.29, 1.82) is 5.26 Å². The van der Waals surface area contributed by atoms with Gasteiger partial charge in [0.15, 0.2) is 5.69 Å². The van der Waals surface area contributed by atoms with E-state index >= 15 is 0 Å². The highest BCUT2D eigenvalue weighted by atomic mass is 35.5. The van der Waals surface area contributed by atoms with Crippen LogP contribution in [0.1, 0.15) is 48.7 Å². The molecule has 1 aromatic heterocycles. The van der Waals surface area contributed by atoms with Gasteiger partial charge >= 0.3 is 0 Å². The van der Waals surface area contributed by atoms with Gasteiger partial charge in [0.25, 0.3) is 0 Å². The molecule has 1 aliphatic carbocycles. The van der Waals surface area contributed by atoms with Crippen molar-refractivity contribution < 1.29 is 0 Å². The lowest BCUT2D eigenvalue weighted by molar-refractivity contribution is 0.442. The van der Waals surface area contributed by atoms with Crippen molar-refractivity contribution >= 4 is 22.9 Å². The predicted octanol–water partition coefficient (Wildman–Crippen LogP) is 3.72. The van der Waals surface area contributed by atoms with E-state index in [2.05, 4.69) is 4.98 Å². The molecule has 0 spiro atoms. The van der Waals surface area contributed by atoms with Crippen LogP contribution in [0.5, 0.6) is 0 Å². The molecule has 1 aromatic rings. The molecular weight excluding hydrogens is 216 g/mol. The average molecular weight is 227 g/mol. The molecule has 2 rings (SSSR count). The summed E-state index contributed by atoms with van der Waals surface area (Å²) >= 11 is 7.38. The first-order valence-corrected chi connectivity index (χ1v) is 6.07. The van der Waals surface area contributed by atoms with Crippen LogP contribution in [-0.2, 0) is 0 Å². The molecule has 0 aliphatic heterocycles. The summed E-state index contributed by atoms with van der Waals surface area (Å²) in [7, 11) is 0. The minimum Gasteiger partial charge on any atom is -0.229 e. The van der Waals surface area contributed by atoms with Gasteiger partial charge in [0, 0.05) is 5.92 Å². The van der Waals surface area contributed by atoms with Crippen LogP contribution in [0.15, 0.2) is 0 Å². The number of nitrogens with zero attached hydrogens (tertiary/aromatic N) is 2. The van der Waals surface area contributed by atoms with Gasteiger partial charge in [0.1, 0.15) is 10.4 Å². The Morgan fingerprint density at radius 3 is 2.64 bits per heavy atom. The Hall–Kier alpha value is -0.590. The summed E-state index contributed by atoms with van der Waals surface area (Å²) in [5.41, 5.74) is 0.400. The molecule has 14 heavy (non-hydrogen) atoms. The molecule has 1 fully saturated rings. The SMILES string of the molecule is N#Cc1nc(C2CCCCC2)sc1Cl. The number of nitriles is 1. The van der Waals surface area contributed by atoms with Gasteiger partial charge in [-0.1, -0.05) is 30.9 Å². The first kappa shape index (κ1) is 9.95. The second-order valence-corrected chi connectivity index (χ2v) is 5.25. The van der Waals surface area contributed by atoms with Gasteiger partial charge < -0.3 is 0 Å². The quantitative estimate of drug-likeness (QED) is 0.732. The Labute approximate surface area is 92.5 Å². The lowest BCUT2D eigenvalue weighted by Gasteiger charge is -2.18. The molecular formula is C10H11ClN2S. The molecule has 1 saturated carbocycles. The summed E-state index contributed by atoms with van der Waals surface area (Å²) in [6.45, 7) is 0. The molecule has 0 unspecified atom stereocenters. The van der Waals surface area contributed by atoms with Crippen LogP contribution >= 0.6 is 22.9 Å². The van der Waals surface area contributed by atoms with Crippen molar-refractivity contribution in [3.8, 4) is 6.07 Å².